The molecule has 0 bridgehead atoms. The summed E-state index contributed by atoms with van der Waals surface area (Å²) in [5.41, 5.74) is -0.534. The third-order valence-electron chi connectivity index (χ3n) is 3.79. The van der Waals surface area contributed by atoms with Gasteiger partial charge in [-0.15, -0.1) is 0 Å². The lowest BCUT2D eigenvalue weighted by Crippen LogP contribution is -2.38. The monoisotopic (exact) mass is 304 g/mol. The molecule has 1 atom stereocenters. The minimum Gasteiger partial charge on any atom is -0.319 e. The summed E-state index contributed by atoms with van der Waals surface area (Å²) in [7, 11) is 1.89. The summed E-state index contributed by atoms with van der Waals surface area (Å²) in [6.07, 6.45) is -2.37. The molecule has 1 aliphatic rings. The smallest absolute Gasteiger partial charge is 0.319 e. The largest absolute Gasteiger partial charge is 0.416 e. The van der Waals surface area contributed by atoms with E-state index in [0.29, 0.717) is 24.1 Å². The van der Waals surface area contributed by atoms with Gasteiger partial charge in [-0.05, 0) is 62.7 Å². The van der Waals surface area contributed by atoms with Crippen molar-refractivity contribution in [1.29, 1.82) is 0 Å². The Morgan fingerprint density at radius 1 is 1.29 bits per heavy atom. The van der Waals surface area contributed by atoms with E-state index in [1.165, 1.54) is 6.07 Å². The van der Waals surface area contributed by atoms with Crippen LogP contribution < -0.4 is 5.32 Å². The minimum absolute atomic E-state index is 0.362. The normalized spacial score (nSPS) is 20.7. The quantitative estimate of drug-likeness (QED) is 0.859. The van der Waals surface area contributed by atoms with Crippen LogP contribution in [0.25, 0.3) is 0 Å². The number of rotatable bonds is 4. The molecule has 1 aromatic rings. The van der Waals surface area contributed by atoms with Crippen LogP contribution >= 0.6 is 0 Å². The van der Waals surface area contributed by atoms with Crippen molar-refractivity contribution in [3.05, 3.63) is 35.1 Å². The fourth-order valence-corrected chi connectivity index (χ4v) is 2.91. The van der Waals surface area contributed by atoms with Crippen molar-refractivity contribution in [1.82, 2.24) is 10.2 Å². The average Bonchev–Trinajstić information content (AvgIpc) is 2.38. The van der Waals surface area contributed by atoms with Gasteiger partial charge in [-0.25, -0.2) is 4.39 Å². The predicted molar refractivity (Wildman–Crippen MR) is 73.3 cm³/mol. The number of hydrogen-bond acceptors (Lipinski definition) is 2. The van der Waals surface area contributed by atoms with Gasteiger partial charge in [0.15, 0.2) is 0 Å². The van der Waals surface area contributed by atoms with Crippen molar-refractivity contribution >= 4 is 0 Å². The first-order valence-electron chi connectivity index (χ1n) is 7.12. The summed E-state index contributed by atoms with van der Waals surface area (Å²) in [6, 6.07) is 2.78. The van der Waals surface area contributed by atoms with Gasteiger partial charge in [-0.3, -0.25) is 4.90 Å². The summed E-state index contributed by atoms with van der Waals surface area (Å²) in [5.74, 6) is -0.331. The molecule has 1 fully saturated rings. The van der Waals surface area contributed by atoms with Crippen molar-refractivity contribution in [3.63, 3.8) is 0 Å². The van der Waals surface area contributed by atoms with E-state index in [0.717, 1.165) is 38.5 Å². The fraction of sp³-hybridized carbons (Fsp3) is 0.600. The Hall–Kier alpha value is -1.14. The topological polar surface area (TPSA) is 15.3 Å². The molecule has 0 spiro atoms. The Balaban J connectivity index is 2.07. The highest BCUT2D eigenvalue weighted by Crippen LogP contribution is 2.31. The number of piperidine rings is 1. The molecular weight excluding hydrogens is 284 g/mol. The van der Waals surface area contributed by atoms with Crippen molar-refractivity contribution < 1.29 is 17.6 Å². The van der Waals surface area contributed by atoms with Gasteiger partial charge in [0.05, 0.1) is 5.56 Å². The van der Waals surface area contributed by atoms with Crippen molar-refractivity contribution in [2.24, 2.45) is 5.92 Å². The summed E-state index contributed by atoms with van der Waals surface area (Å²) in [4.78, 5) is 2.10. The van der Waals surface area contributed by atoms with Gasteiger partial charge in [0, 0.05) is 13.1 Å². The second kappa shape index (κ2) is 6.75. The zero-order valence-corrected chi connectivity index (χ0v) is 12.0. The maximum absolute atomic E-state index is 13.4. The molecule has 6 heteroatoms. The summed E-state index contributed by atoms with van der Waals surface area (Å²) < 4.78 is 51.5. The van der Waals surface area contributed by atoms with Gasteiger partial charge in [-0.2, -0.15) is 13.2 Å². The summed E-state index contributed by atoms with van der Waals surface area (Å²) in [6.45, 7) is 2.94. The lowest BCUT2D eigenvalue weighted by molar-refractivity contribution is -0.137. The highest BCUT2D eigenvalue weighted by atomic mass is 19.4. The summed E-state index contributed by atoms with van der Waals surface area (Å²) >= 11 is 0. The standard InChI is InChI=1S/C15H20F4N2/c1-20-8-11-3-2-4-21(9-11)10-12-5-13(15(17,18)19)7-14(16)6-12/h5-7,11,20H,2-4,8-10H2,1H3. The van der Waals surface area contributed by atoms with Crippen molar-refractivity contribution in [2.75, 3.05) is 26.7 Å². The van der Waals surface area contributed by atoms with E-state index in [2.05, 4.69) is 10.2 Å². The first kappa shape index (κ1) is 16.2. The molecule has 1 saturated heterocycles. The average molecular weight is 304 g/mol. The van der Waals surface area contributed by atoms with Crippen LogP contribution in [0.5, 0.6) is 0 Å². The SMILES string of the molecule is CNCC1CCCN(Cc2cc(F)cc(C(F)(F)F)c2)C1. The maximum atomic E-state index is 13.4. The molecule has 21 heavy (non-hydrogen) atoms. The molecule has 1 N–H and O–H groups in total. The molecular formula is C15H20F4N2. The Morgan fingerprint density at radius 3 is 2.71 bits per heavy atom. The van der Waals surface area contributed by atoms with E-state index in [1.54, 1.807) is 0 Å². The Bertz CT molecular complexity index is 471. The van der Waals surface area contributed by atoms with Crippen LogP contribution in [-0.2, 0) is 12.7 Å². The molecule has 0 amide bonds. The fourth-order valence-electron chi connectivity index (χ4n) is 2.91. The number of nitrogens with one attached hydrogen (secondary N) is 1. The second-order valence-corrected chi connectivity index (χ2v) is 5.65. The molecule has 1 aliphatic heterocycles. The maximum Gasteiger partial charge on any atom is 0.416 e. The van der Waals surface area contributed by atoms with Gasteiger partial charge >= 0.3 is 6.18 Å². The zero-order valence-electron chi connectivity index (χ0n) is 12.0. The predicted octanol–water partition coefficient (Wildman–Crippen LogP) is 3.28. The van der Waals surface area contributed by atoms with Crippen LogP contribution in [0.2, 0.25) is 0 Å². The van der Waals surface area contributed by atoms with E-state index in [4.69, 9.17) is 0 Å². The number of likely N-dealkylation sites (tertiary alicyclic amines) is 1. The van der Waals surface area contributed by atoms with Gasteiger partial charge in [0.2, 0.25) is 0 Å². The lowest BCUT2D eigenvalue weighted by Gasteiger charge is -2.32. The number of benzene rings is 1. The van der Waals surface area contributed by atoms with Crippen LogP contribution in [-0.4, -0.2) is 31.6 Å². The third-order valence-corrected chi connectivity index (χ3v) is 3.79. The van der Waals surface area contributed by atoms with Gasteiger partial charge < -0.3 is 5.32 Å². The Morgan fingerprint density at radius 2 is 2.05 bits per heavy atom. The van der Waals surface area contributed by atoms with Crippen LogP contribution in [0.4, 0.5) is 17.6 Å². The first-order chi connectivity index (χ1) is 9.88. The number of nitrogens with zero attached hydrogens (tertiary/aromatic N) is 1. The minimum atomic E-state index is -4.51. The molecule has 0 saturated carbocycles. The molecule has 0 aromatic heterocycles. The van der Waals surface area contributed by atoms with Gasteiger partial charge in [0.1, 0.15) is 5.82 Å². The van der Waals surface area contributed by atoms with Gasteiger partial charge in [0.25, 0.3) is 0 Å². The Kier molecular flexibility index (Phi) is 5.22. The van der Waals surface area contributed by atoms with Crippen LogP contribution in [0.15, 0.2) is 18.2 Å². The third kappa shape index (κ3) is 4.68. The van der Waals surface area contributed by atoms with Crippen molar-refractivity contribution in [3.8, 4) is 0 Å². The van der Waals surface area contributed by atoms with E-state index in [9.17, 15) is 17.6 Å². The molecule has 1 aromatic carbocycles. The number of halogens is 4. The molecule has 0 aliphatic carbocycles. The number of alkyl halides is 3. The number of hydrogen-bond donors (Lipinski definition) is 1. The van der Waals surface area contributed by atoms with Crippen LogP contribution in [0.3, 0.4) is 0 Å². The Labute approximate surface area is 122 Å². The lowest BCUT2D eigenvalue weighted by atomic mass is 9.97. The molecule has 2 nitrogen and oxygen atoms in total. The molecule has 118 valence electrons. The van der Waals surface area contributed by atoms with E-state index >= 15 is 0 Å². The molecule has 1 unspecified atom stereocenters. The molecule has 0 radical (unpaired) electrons. The molecule has 1 heterocycles. The zero-order chi connectivity index (χ0) is 15.5. The highest BCUT2D eigenvalue weighted by Gasteiger charge is 2.31. The van der Waals surface area contributed by atoms with E-state index in [-0.39, 0.29) is 0 Å². The van der Waals surface area contributed by atoms with Crippen LogP contribution in [0, 0.1) is 11.7 Å². The molecule has 2 rings (SSSR count). The summed E-state index contributed by atoms with van der Waals surface area (Å²) in [5, 5.41) is 3.12. The highest BCUT2D eigenvalue weighted by molar-refractivity contribution is 5.26. The van der Waals surface area contributed by atoms with E-state index in [1.807, 2.05) is 7.05 Å². The second-order valence-electron chi connectivity index (χ2n) is 5.65. The van der Waals surface area contributed by atoms with E-state index < -0.39 is 17.6 Å². The first-order valence-corrected chi connectivity index (χ1v) is 7.12. The van der Waals surface area contributed by atoms with Gasteiger partial charge in [-0.1, -0.05) is 0 Å². The van der Waals surface area contributed by atoms with Crippen LogP contribution in [0.1, 0.15) is 24.0 Å². The van der Waals surface area contributed by atoms with Crippen molar-refractivity contribution in [2.45, 2.75) is 25.6 Å².